The van der Waals surface area contributed by atoms with Gasteiger partial charge in [-0.15, -0.1) is 0 Å². The maximum atomic E-state index is 12.7. The van der Waals surface area contributed by atoms with Gasteiger partial charge in [0.2, 0.25) is 11.5 Å². The number of pyridine rings is 2. The monoisotopic (exact) mass is 696 g/mol. The Hall–Kier alpha value is -3.96. The van der Waals surface area contributed by atoms with Gasteiger partial charge in [-0.3, -0.25) is 19.6 Å². The van der Waals surface area contributed by atoms with Gasteiger partial charge in [0.05, 0.1) is 66.8 Å². The van der Waals surface area contributed by atoms with Gasteiger partial charge in [0, 0.05) is 48.8 Å². The fourth-order valence-corrected chi connectivity index (χ4v) is 5.18. The van der Waals surface area contributed by atoms with Crippen LogP contribution in [0.25, 0.3) is 0 Å². The van der Waals surface area contributed by atoms with E-state index >= 15 is 0 Å². The van der Waals surface area contributed by atoms with E-state index in [1.807, 2.05) is 0 Å². The molecule has 1 N–H and O–H groups in total. The molecule has 14 heteroatoms. The predicted molar refractivity (Wildman–Crippen MR) is 172 cm³/mol. The Labute approximate surface area is 279 Å². The van der Waals surface area contributed by atoms with Crippen molar-refractivity contribution in [2.75, 3.05) is 35.5 Å². The summed E-state index contributed by atoms with van der Waals surface area (Å²) >= 11 is 24.1. The number of carbonyl (C=O) groups is 2. The first-order valence-electron chi connectivity index (χ1n) is 12.9. The highest BCUT2D eigenvalue weighted by Crippen LogP contribution is 2.41. The molecular formula is C31H28Cl4N2O8. The maximum Gasteiger partial charge on any atom is 0.204 e. The van der Waals surface area contributed by atoms with Crippen molar-refractivity contribution in [1.29, 1.82) is 0 Å². The molecular weight excluding hydrogens is 670 g/mol. The average molecular weight is 698 g/mol. The summed E-state index contributed by atoms with van der Waals surface area (Å²) in [4.78, 5) is 32.8. The lowest BCUT2D eigenvalue weighted by Crippen LogP contribution is -2.08. The van der Waals surface area contributed by atoms with Crippen LogP contribution in [-0.4, -0.2) is 62.2 Å². The minimum Gasteiger partial charge on any atom is -0.504 e. The number of halogens is 4. The quantitative estimate of drug-likeness (QED) is 0.159. The molecule has 0 spiro atoms. The number of rotatable bonds is 11. The average Bonchev–Trinajstić information content (AvgIpc) is 3.03. The van der Waals surface area contributed by atoms with Crippen molar-refractivity contribution in [2.45, 2.75) is 12.8 Å². The number of nitrogens with zero attached hydrogens (tertiary/aromatic N) is 2. The lowest BCUT2D eigenvalue weighted by atomic mass is 10.0. The number of hydrogen-bond acceptors (Lipinski definition) is 10. The molecule has 0 fully saturated rings. The summed E-state index contributed by atoms with van der Waals surface area (Å²) < 4.78 is 25.9. The number of ether oxygens (including phenoxy) is 5. The van der Waals surface area contributed by atoms with Gasteiger partial charge in [-0.25, -0.2) is 0 Å². The first-order chi connectivity index (χ1) is 21.5. The van der Waals surface area contributed by atoms with Crippen LogP contribution in [0.4, 0.5) is 0 Å². The van der Waals surface area contributed by atoms with Crippen molar-refractivity contribution < 1.29 is 38.4 Å². The third-order valence-electron chi connectivity index (χ3n) is 6.40. The lowest BCUT2D eigenvalue weighted by Gasteiger charge is -2.15. The van der Waals surface area contributed by atoms with Gasteiger partial charge in [0.25, 0.3) is 0 Å². The Bertz CT molecular complexity index is 1660. The highest BCUT2D eigenvalue weighted by Gasteiger charge is 2.23. The highest BCUT2D eigenvalue weighted by molar-refractivity contribution is 6.36. The molecule has 4 rings (SSSR count). The standard InChI is InChI=1S/C16H15Cl2NO4.C15H13Cl2NO4/c1-21-14-5-4-9(15(22-2)16(14)23-3)13(20)6-10-11(17)7-19-8-12(10)18;1-21-13-4-3-8(14(20)15(13)22-2)12(19)5-9-10(16)6-18-7-11(9)17/h4-5,7-8H,6H2,1-3H3;3-4,6-7,20H,5H2,1-2H3. The first kappa shape index (κ1) is 35.5. The number of aromatic hydroxyl groups is 1. The molecule has 0 saturated carbocycles. The van der Waals surface area contributed by atoms with Crippen LogP contribution in [0.5, 0.6) is 34.5 Å². The van der Waals surface area contributed by atoms with Gasteiger partial charge in [-0.1, -0.05) is 46.4 Å². The van der Waals surface area contributed by atoms with E-state index in [-0.39, 0.29) is 41.5 Å². The van der Waals surface area contributed by atoms with Gasteiger partial charge in [0.15, 0.2) is 34.6 Å². The summed E-state index contributed by atoms with van der Waals surface area (Å²) in [5, 5.41) is 11.4. The van der Waals surface area contributed by atoms with Gasteiger partial charge in [0.1, 0.15) is 0 Å². The Morgan fingerprint density at radius 3 is 1.36 bits per heavy atom. The van der Waals surface area contributed by atoms with Crippen molar-refractivity contribution in [3.8, 4) is 34.5 Å². The second-order valence-corrected chi connectivity index (χ2v) is 10.6. The zero-order chi connectivity index (χ0) is 33.3. The fourth-order valence-electron chi connectivity index (χ4n) is 4.18. The molecule has 4 aromatic rings. The van der Waals surface area contributed by atoms with E-state index in [1.54, 1.807) is 18.2 Å². The molecule has 0 aliphatic rings. The van der Waals surface area contributed by atoms with Gasteiger partial charge in [-0.05, 0) is 24.3 Å². The Morgan fingerprint density at radius 1 is 0.578 bits per heavy atom. The Morgan fingerprint density at radius 2 is 0.956 bits per heavy atom. The molecule has 10 nitrogen and oxygen atoms in total. The number of phenols is 1. The summed E-state index contributed by atoms with van der Waals surface area (Å²) in [6.45, 7) is 0. The van der Waals surface area contributed by atoms with Crippen molar-refractivity contribution in [1.82, 2.24) is 9.97 Å². The summed E-state index contributed by atoms with van der Waals surface area (Å²) in [6.07, 6.45) is 5.66. The van der Waals surface area contributed by atoms with Crippen LogP contribution < -0.4 is 23.7 Å². The van der Waals surface area contributed by atoms with E-state index in [9.17, 15) is 14.7 Å². The maximum absolute atomic E-state index is 12.7. The van der Waals surface area contributed by atoms with Crippen LogP contribution >= 0.6 is 46.4 Å². The number of benzene rings is 2. The smallest absolute Gasteiger partial charge is 0.204 e. The Kier molecular flexibility index (Phi) is 12.9. The van der Waals surface area contributed by atoms with Crippen LogP contribution in [0.1, 0.15) is 31.8 Å². The van der Waals surface area contributed by atoms with Gasteiger partial charge >= 0.3 is 0 Å². The molecule has 238 valence electrons. The topological polar surface area (TPSA) is 126 Å². The summed E-state index contributed by atoms with van der Waals surface area (Å²) in [6, 6.07) is 6.26. The number of methoxy groups -OCH3 is 5. The van der Waals surface area contributed by atoms with Crippen LogP contribution in [0, 0.1) is 0 Å². The summed E-state index contributed by atoms with van der Waals surface area (Å²) in [5.74, 6) is 0.711. The summed E-state index contributed by atoms with van der Waals surface area (Å²) in [7, 11) is 7.26. The van der Waals surface area contributed by atoms with E-state index in [4.69, 9.17) is 70.1 Å². The SMILES string of the molecule is COc1ccc(C(=O)Cc2c(Cl)cncc2Cl)c(O)c1OC.COc1ccc(C(=O)Cc2c(Cl)cncc2Cl)c(OC)c1OC. The number of Topliss-reactive ketones (excluding diaryl/α,β-unsaturated/α-hetero) is 2. The molecule has 2 aromatic heterocycles. The third kappa shape index (κ3) is 8.20. The fraction of sp³-hybridized carbons (Fsp3) is 0.226. The van der Waals surface area contributed by atoms with E-state index in [1.165, 1.54) is 66.4 Å². The van der Waals surface area contributed by atoms with Crippen LogP contribution in [0.2, 0.25) is 20.1 Å². The zero-order valence-corrected chi connectivity index (χ0v) is 27.8. The number of carbonyl (C=O) groups excluding carboxylic acids is 2. The third-order valence-corrected chi connectivity index (χ3v) is 7.71. The van der Waals surface area contributed by atoms with Crippen molar-refractivity contribution in [2.24, 2.45) is 0 Å². The van der Waals surface area contributed by atoms with E-state index in [0.29, 0.717) is 59.8 Å². The lowest BCUT2D eigenvalue weighted by molar-refractivity contribution is 0.0981. The van der Waals surface area contributed by atoms with Crippen molar-refractivity contribution in [3.05, 3.63) is 91.4 Å². The largest absolute Gasteiger partial charge is 0.504 e. The van der Waals surface area contributed by atoms with E-state index in [2.05, 4.69) is 9.97 Å². The number of aromatic nitrogens is 2. The zero-order valence-electron chi connectivity index (χ0n) is 24.7. The molecule has 0 bridgehead atoms. The molecule has 0 atom stereocenters. The second-order valence-electron chi connectivity index (χ2n) is 8.94. The summed E-state index contributed by atoms with van der Waals surface area (Å²) in [5.41, 5.74) is 1.43. The van der Waals surface area contributed by atoms with Gasteiger partial charge < -0.3 is 28.8 Å². The number of phenolic OH excluding ortho intramolecular Hbond substituents is 1. The van der Waals surface area contributed by atoms with Gasteiger partial charge in [-0.2, -0.15) is 0 Å². The minimum atomic E-state index is -0.353. The molecule has 0 unspecified atom stereocenters. The molecule has 45 heavy (non-hydrogen) atoms. The number of ketones is 2. The molecule has 2 heterocycles. The molecule has 0 amide bonds. The van der Waals surface area contributed by atoms with E-state index < -0.39 is 0 Å². The Balaban J connectivity index is 0.000000246. The van der Waals surface area contributed by atoms with Crippen molar-refractivity contribution >= 4 is 58.0 Å². The van der Waals surface area contributed by atoms with Crippen molar-refractivity contribution in [3.63, 3.8) is 0 Å². The van der Waals surface area contributed by atoms with Crippen LogP contribution in [-0.2, 0) is 12.8 Å². The van der Waals surface area contributed by atoms with Crippen LogP contribution in [0.3, 0.4) is 0 Å². The number of hydrogen-bond donors (Lipinski definition) is 1. The molecule has 0 aliphatic carbocycles. The van der Waals surface area contributed by atoms with E-state index in [0.717, 1.165) is 0 Å². The highest BCUT2D eigenvalue weighted by atomic mass is 35.5. The second kappa shape index (κ2) is 16.4. The first-order valence-corrected chi connectivity index (χ1v) is 14.4. The predicted octanol–water partition coefficient (Wildman–Crippen LogP) is 7.38. The molecule has 0 radical (unpaired) electrons. The minimum absolute atomic E-state index is 0.0199. The van der Waals surface area contributed by atoms with Crippen LogP contribution in [0.15, 0.2) is 49.1 Å². The molecule has 0 aliphatic heterocycles. The molecule has 2 aromatic carbocycles. The normalized spacial score (nSPS) is 10.3. The molecule has 0 saturated heterocycles.